The van der Waals surface area contributed by atoms with Gasteiger partial charge in [0, 0.05) is 6.54 Å². The maximum atomic E-state index is 13.0. The van der Waals surface area contributed by atoms with Gasteiger partial charge in [-0.05, 0) is 53.9 Å². The number of rotatable bonds is 10. The molecule has 0 spiro atoms. The maximum absolute atomic E-state index is 13.0. The van der Waals surface area contributed by atoms with Gasteiger partial charge in [0.1, 0.15) is 5.82 Å². The molecule has 2 aromatic heterocycles. The van der Waals surface area contributed by atoms with Crippen molar-refractivity contribution in [3.05, 3.63) is 47.0 Å². The zero-order valence-corrected chi connectivity index (χ0v) is 17.3. The van der Waals surface area contributed by atoms with Crippen LogP contribution in [0.3, 0.4) is 0 Å². The molecule has 0 aliphatic rings. The molecule has 2 heterocycles. The van der Waals surface area contributed by atoms with Crippen molar-refractivity contribution >= 4 is 17.9 Å². The first-order valence-corrected chi connectivity index (χ1v) is 9.87. The maximum Gasteiger partial charge on any atom is 0.293 e. The minimum absolute atomic E-state index is 0.0324. The molecule has 3 rings (SSSR count). The van der Waals surface area contributed by atoms with Crippen LogP contribution in [-0.4, -0.2) is 55.4 Å². The first-order valence-electron chi connectivity index (χ1n) is 9.87. The molecule has 31 heavy (non-hydrogen) atoms. The van der Waals surface area contributed by atoms with Crippen LogP contribution in [-0.2, 0) is 6.54 Å². The van der Waals surface area contributed by atoms with Crippen molar-refractivity contribution in [2.45, 2.75) is 33.2 Å². The summed E-state index contributed by atoms with van der Waals surface area (Å²) in [6, 6.07) is 5.69. The molecule has 0 radical (unpaired) electrons. The lowest BCUT2D eigenvalue weighted by Gasteiger charge is -2.21. The third-order valence-electron chi connectivity index (χ3n) is 4.38. The van der Waals surface area contributed by atoms with Gasteiger partial charge in [-0.1, -0.05) is 31.2 Å². The summed E-state index contributed by atoms with van der Waals surface area (Å²) >= 11 is 0. The lowest BCUT2D eigenvalue weighted by atomic mass is 10.2. The average Bonchev–Trinajstić information content (AvgIpc) is 3.35. The van der Waals surface area contributed by atoms with Gasteiger partial charge in [0.15, 0.2) is 5.69 Å². The second-order valence-corrected chi connectivity index (χ2v) is 6.80. The summed E-state index contributed by atoms with van der Waals surface area (Å²) in [5.74, 6) is -0.718. The lowest BCUT2D eigenvalue weighted by molar-refractivity contribution is 0.0947. The highest BCUT2D eigenvalue weighted by Gasteiger charge is 2.25. The largest absolute Gasteiger partial charge is 0.378 e. The smallest absolute Gasteiger partial charge is 0.293 e. The molecule has 0 aliphatic carbocycles. The molecule has 164 valence electrons. The number of amides is 1. The van der Waals surface area contributed by atoms with Gasteiger partial charge in [0.2, 0.25) is 11.6 Å². The number of aromatic nitrogens is 5. The van der Waals surface area contributed by atoms with E-state index in [0.29, 0.717) is 17.8 Å². The zero-order chi connectivity index (χ0) is 22.2. The highest BCUT2D eigenvalue weighted by Crippen LogP contribution is 2.18. The van der Waals surface area contributed by atoms with Gasteiger partial charge in [-0.15, -0.1) is 5.10 Å². The number of hydrazone groups is 1. The standard InChI is InChI=1S/C19H24FN9O2/c1-3-9-28(10-4-2)12-15-16(23-27-29(15)18-17(21)25-31-26-18)19(30)24-22-11-13-5-7-14(20)8-6-13/h5-8,11H,3-4,9-10,12H2,1-2H3,(H2,21,25)(H,24,30)/b22-11+. The van der Waals surface area contributed by atoms with Gasteiger partial charge in [-0.25, -0.2) is 14.4 Å². The van der Waals surface area contributed by atoms with Gasteiger partial charge in [-0.2, -0.15) is 9.78 Å². The molecule has 0 atom stereocenters. The van der Waals surface area contributed by atoms with Crippen molar-refractivity contribution in [1.29, 1.82) is 0 Å². The summed E-state index contributed by atoms with van der Waals surface area (Å²) in [7, 11) is 0. The van der Waals surface area contributed by atoms with E-state index in [4.69, 9.17) is 5.73 Å². The van der Waals surface area contributed by atoms with Gasteiger partial charge in [0.25, 0.3) is 5.91 Å². The predicted molar refractivity (Wildman–Crippen MR) is 111 cm³/mol. The summed E-state index contributed by atoms with van der Waals surface area (Å²) in [5, 5.41) is 19.3. The highest BCUT2D eigenvalue weighted by molar-refractivity contribution is 5.94. The third kappa shape index (κ3) is 5.48. The second kappa shape index (κ2) is 10.4. The number of carbonyl (C=O) groups excluding carboxylic acids is 1. The van der Waals surface area contributed by atoms with Gasteiger partial charge >= 0.3 is 0 Å². The van der Waals surface area contributed by atoms with E-state index < -0.39 is 5.91 Å². The predicted octanol–water partition coefficient (Wildman–Crippen LogP) is 1.76. The number of nitrogens with zero attached hydrogens (tertiary/aromatic N) is 7. The molecule has 3 aromatic rings. The van der Waals surface area contributed by atoms with Crippen LogP contribution in [0, 0.1) is 5.82 Å². The first kappa shape index (κ1) is 22.0. The van der Waals surface area contributed by atoms with Crippen LogP contribution in [0.1, 0.15) is 48.4 Å². The zero-order valence-electron chi connectivity index (χ0n) is 17.3. The second-order valence-electron chi connectivity index (χ2n) is 6.80. The van der Waals surface area contributed by atoms with Gasteiger partial charge in [0.05, 0.1) is 11.9 Å². The quantitative estimate of drug-likeness (QED) is 0.367. The Morgan fingerprint density at radius 3 is 2.58 bits per heavy atom. The Kier molecular flexibility index (Phi) is 7.38. The number of carbonyl (C=O) groups is 1. The number of nitrogen functional groups attached to an aromatic ring is 1. The summed E-state index contributed by atoms with van der Waals surface area (Å²) in [6.45, 7) is 6.21. The molecule has 3 N–H and O–H groups in total. The average molecular weight is 429 g/mol. The Balaban J connectivity index is 1.86. The number of nitrogens with two attached hydrogens (primary N) is 1. The summed E-state index contributed by atoms with van der Waals surface area (Å²) in [6.07, 6.45) is 3.29. The molecule has 0 aliphatic heterocycles. The van der Waals surface area contributed by atoms with E-state index >= 15 is 0 Å². The van der Waals surface area contributed by atoms with Crippen LogP contribution in [0.25, 0.3) is 5.82 Å². The van der Waals surface area contributed by atoms with Crippen molar-refractivity contribution in [1.82, 2.24) is 35.6 Å². The van der Waals surface area contributed by atoms with Crippen LogP contribution in [0.15, 0.2) is 34.0 Å². The number of hydrogen-bond donors (Lipinski definition) is 2. The summed E-state index contributed by atoms with van der Waals surface area (Å²) in [5.41, 5.74) is 9.43. The molecular weight excluding hydrogens is 405 g/mol. The molecule has 0 unspecified atom stereocenters. The Labute approximate surface area is 178 Å². The van der Waals surface area contributed by atoms with E-state index in [9.17, 15) is 9.18 Å². The number of benzene rings is 1. The van der Waals surface area contributed by atoms with Crippen molar-refractivity contribution in [3.8, 4) is 5.82 Å². The number of anilines is 1. The monoisotopic (exact) mass is 429 g/mol. The van der Waals surface area contributed by atoms with E-state index in [1.807, 2.05) is 0 Å². The van der Waals surface area contributed by atoms with E-state index in [1.54, 1.807) is 12.1 Å². The molecule has 12 heteroatoms. The first-order chi connectivity index (χ1) is 15.0. The molecule has 0 fully saturated rings. The van der Waals surface area contributed by atoms with E-state index in [2.05, 4.69) is 54.5 Å². The number of hydrogen-bond acceptors (Lipinski definition) is 9. The van der Waals surface area contributed by atoms with Crippen molar-refractivity contribution < 1.29 is 13.8 Å². The Morgan fingerprint density at radius 1 is 1.26 bits per heavy atom. The Hall–Kier alpha value is -3.67. The van der Waals surface area contributed by atoms with Crippen LogP contribution in [0.5, 0.6) is 0 Å². The molecule has 0 bridgehead atoms. The van der Waals surface area contributed by atoms with Crippen LogP contribution >= 0.6 is 0 Å². The highest BCUT2D eigenvalue weighted by atomic mass is 19.1. The molecule has 11 nitrogen and oxygen atoms in total. The fraction of sp³-hybridized carbons (Fsp3) is 0.368. The Bertz CT molecular complexity index is 1020. The minimum Gasteiger partial charge on any atom is -0.378 e. The van der Waals surface area contributed by atoms with Gasteiger partial charge < -0.3 is 5.73 Å². The summed E-state index contributed by atoms with van der Waals surface area (Å²) in [4.78, 5) is 14.9. The topological polar surface area (TPSA) is 140 Å². The third-order valence-corrected chi connectivity index (χ3v) is 4.38. The number of halogens is 1. The molecule has 0 saturated carbocycles. The molecule has 1 amide bonds. The molecule has 0 saturated heterocycles. The number of nitrogens with one attached hydrogen (secondary N) is 1. The summed E-state index contributed by atoms with van der Waals surface area (Å²) < 4.78 is 19.0. The van der Waals surface area contributed by atoms with Crippen molar-refractivity contribution in [2.24, 2.45) is 5.10 Å². The van der Waals surface area contributed by atoms with E-state index in [1.165, 1.54) is 23.0 Å². The lowest BCUT2D eigenvalue weighted by Crippen LogP contribution is -2.28. The van der Waals surface area contributed by atoms with E-state index in [-0.39, 0.29) is 23.1 Å². The fourth-order valence-corrected chi connectivity index (χ4v) is 3.01. The SMILES string of the molecule is CCCN(CCC)Cc1c(C(=O)N/N=C/c2ccc(F)cc2)nnn1-c1nonc1N. The van der Waals surface area contributed by atoms with Crippen LogP contribution in [0.2, 0.25) is 0 Å². The normalized spacial score (nSPS) is 11.5. The van der Waals surface area contributed by atoms with E-state index in [0.717, 1.165) is 25.9 Å². The van der Waals surface area contributed by atoms with Crippen molar-refractivity contribution in [2.75, 3.05) is 18.8 Å². The Morgan fingerprint density at radius 2 is 1.97 bits per heavy atom. The fourth-order valence-electron chi connectivity index (χ4n) is 3.01. The molecule has 1 aromatic carbocycles. The van der Waals surface area contributed by atoms with Crippen LogP contribution in [0.4, 0.5) is 10.2 Å². The molecular formula is C19H24FN9O2. The van der Waals surface area contributed by atoms with Crippen molar-refractivity contribution in [3.63, 3.8) is 0 Å². The minimum atomic E-state index is -0.553. The van der Waals surface area contributed by atoms with Crippen LogP contribution < -0.4 is 11.2 Å². The van der Waals surface area contributed by atoms with Gasteiger partial charge in [-0.3, -0.25) is 9.69 Å².